The van der Waals surface area contributed by atoms with Crippen LogP contribution in [0, 0.1) is 6.92 Å². The van der Waals surface area contributed by atoms with Gasteiger partial charge in [-0.15, -0.1) is 11.3 Å². The van der Waals surface area contributed by atoms with E-state index >= 15 is 0 Å². The van der Waals surface area contributed by atoms with Crippen molar-refractivity contribution in [1.82, 2.24) is 19.1 Å². The molecular weight excluding hydrogens is 310 g/mol. The largest absolute Gasteiger partial charge is 0.381 e. The van der Waals surface area contributed by atoms with Crippen molar-refractivity contribution in [3.63, 3.8) is 0 Å². The van der Waals surface area contributed by atoms with E-state index in [9.17, 15) is 8.42 Å². The molecule has 0 aliphatic carbocycles. The zero-order valence-corrected chi connectivity index (χ0v) is 13.9. The first kappa shape index (κ1) is 15.9. The van der Waals surface area contributed by atoms with Gasteiger partial charge in [0.25, 0.3) is 0 Å². The number of aryl methyl sites for hydroxylation is 2. The van der Waals surface area contributed by atoms with Crippen LogP contribution in [0.3, 0.4) is 0 Å². The lowest BCUT2D eigenvalue weighted by Crippen LogP contribution is -2.26. The third-order valence-corrected chi connectivity index (χ3v) is 5.66. The molecule has 0 aliphatic heterocycles. The number of rotatable bonds is 6. The van der Waals surface area contributed by atoms with Crippen molar-refractivity contribution in [2.75, 3.05) is 12.8 Å². The summed E-state index contributed by atoms with van der Waals surface area (Å²) in [7, 11) is -2.12. The monoisotopic (exact) mass is 329 g/mol. The molecule has 0 aliphatic rings. The maximum atomic E-state index is 12.6. The molecule has 0 saturated heterocycles. The standard InChI is InChI=1S/C12H19N5O2S2/c1-4-5-17-8-11(12(13)15-17)21(18,19)16(3)7-10-6-14-9(2)20-10/h6,8H,4-5,7H2,1-3H3,(H2,13,15). The van der Waals surface area contributed by atoms with Gasteiger partial charge >= 0.3 is 0 Å². The molecule has 21 heavy (non-hydrogen) atoms. The van der Waals surface area contributed by atoms with E-state index in [-0.39, 0.29) is 17.3 Å². The summed E-state index contributed by atoms with van der Waals surface area (Å²) in [6, 6.07) is 0. The first-order valence-electron chi connectivity index (χ1n) is 6.55. The highest BCUT2D eigenvalue weighted by Gasteiger charge is 2.26. The lowest BCUT2D eigenvalue weighted by molar-refractivity contribution is 0.469. The van der Waals surface area contributed by atoms with E-state index in [0.29, 0.717) is 6.54 Å². The first-order valence-corrected chi connectivity index (χ1v) is 8.80. The normalized spacial score (nSPS) is 12.2. The molecule has 0 radical (unpaired) electrons. The summed E-state index contributed by atoms with van der Waals surface area (Å²) in [5.41, 5.74) is 5.75. The Morgan fingerprint density at radius 1 is 1.48 bits per heavy atom. The molecule has 7 nitrogen and oxygen atoms in total. The fraction of sp³-hybridized carbons (Fsp3) is 0.500. The number of hydrogen-bond donors (Lipinski definition) is 1. The molecule has 0 unspecified atom stereocenters. The Bertz CT molecular complexity index is 720. The predicted octanol–water partition coefficient (Wildman–Crippen LogP) is 1.46. The molecule has 0 bridgehead atoms. The van der Waals surface area contributed by atoms with Crippen LogP contribution >= 0.6 is 11.3 Å². The van der Waals surface area contributed by atoms with Gasteiger partial charge in [-0.1, -0.05) is 6.92 Å². The lowest BCUT2D eigenvalue weighted by atomic mass is 10.5. The summed E-state index contributed by atoms with van der Waals surface area (Å²) < 4.78 is 27.9. The molecule has 0 atom stereocenters. The van der Waals surface area contributed by atoms with Gasteiger partial charge in [0, 0.05) is 37.4 Å². The smallest absolute Gasteiger partial charge is 0.248 e. The fourth-order valence-electron chi connectivity index (χ4n) is 1.91. The Balaban J connectivity index is 2.24. The molecule has 2 heterocycles. The number of hydrogen-bond acceptors (Lipinski definition) is 6. The topological polar surface area (TPSA) is 94.1 Å². The van der Waals surface area contributed by atoms with Gasteiger partial charge in [-0.05, 0) is 13.3 Å². The van der Waals surface area contributed by atoms with Crippen molar-refractivity contribution in [1.29, 1.82) is 0 Å². The number of nitrogens with zero attached hydrogens (tertiary/aromatic N) is 4. The molecule has 9 heteroatoms. The van der Waals surface area contributed by atoms with E-state index in [1.807, 2.05) is 13.8 Å². The van der Waals surface area contributed by atoms with E-state index in [1.54, 1.807) is 10.9 Å². The summed E-state index contributed by atoms with van der Waals surface area (Å²) in [5, 5.41) is 4.95. The van der Waals surface area contributed by atoms with Gasteiger partial charge in [-0.3, -0.25) is 4.68 Å². The lowest BCUT2D eigenvalue weighted by Gasteiger charge is -2.15. The molecule has 0 saturated carbocycles. The average Bonchev–Trinajstić information content (AvgIpc) is 2.96. The zero-order chi connectivity index (χ0) is 15.6. The van der Waals surface area contributed by atoms with E-state index in [2.05, 4.69) is 10.1 Å². The van der Waals surface area contributed by atoms with Crippen LogP contribution in [0.2, 0.25) is 0 Å². The third-order valence-electron chi connectivity index (χ3n) is 2.94. The van der Waals surface area contributed by atoms with Gasteiger partial charge < -0.3 is 5.73 Å². The van der Waals surface area contributed by atoms with E-state index in [0.717, 1.165) is 16.3 Å². The van der Waals surface area contributed by atoms with Crippen LogP contribution in [0.5, 0.6) is 0 Å². The van der Waals surface area contributed by atoms with Gasteiger partial charge in [0.05, 0.1) is 5.01 Å². The Kier molecular flexibility index (Phi) is 4.64. The highest BCUT2D eigenvalue weighted by Crippen LogP contribution is 2.23. The second-order valence-corrected chi connectivity index (χ2v) is 8.08. The van der Waals surface area contributed by atoms with Gasteiger partial charge in [-0.25, -0.2) is 13.4 Å². The summed E-state index contributed by atoms with van der Waals surface area (Å²) in [6.45, 7) is 4.78. The van der Waals surface area contributed by atoms with Gasteiger partial charge in [0.15, 0.2) is 5.82 Å². The minimum Gasteiger partial charge on any atom is -0.381 e. The highest BCUT2D eigenvalue weighted by molar-refractivity contribution is 7.89. The number of nitrogen functional groups attached to an aromatic ring is 1. The first-order chi connectivity index (χ1) is 9.84. The number of aromatic nitrogens is 3. The number of nitrogens with two attached hydrogens (primary N) is 1. The maximum absolute atomic E-state index is 12.6. The summed E-state index contributed by atoms with van der Waals surface area (Å²) in [6.07, 6.45) is 4.04. The van der Waals surface area contributed by atoms with Crippen LogP contribution in [0.4, 0.5) is 5.82 Å². The molecule has 2 rings (SSSR count). The Hall–Kier alpha value is -1.45. The molecule has 0 aromatic carbocycles. The maximum Gasteiger partial charge on any atom is 0.248 e. The summed E-state index contributed by atoms with van der Waals surface area (Å²) in [4.78, 5) is 5.07. The fourth-order valence-corrected chi connectivity index (χ4v) is 4.05. The van der Waals surface area contributed by atoms with Gasteiger partial charge in [0.2, 0.25) is 10.0 Å². The van der Waals surface area contributed by atoms with Crippen molar-refractivity contribution in [3.8, 4) is 0 Å². The van der Waals surface area contributed by atoms with Crippen molar-refractivity contribution in [3.05, 3.63) is 22.3 Å². The van der Waals surface area contributed by atoms with Crippen LogP contribution in [-0.4, -0.2) is 34.5 Å². The third kappa shape index (κ3) is 3.42. The van der Waals surface area contributed by atoms with Crippen molar-refractivity contribution >= 4 is 27.2 Å². The summed E-state index contributed by atoms with van der Waals surface area (Å²) >= 11 is 1.48. The van der Waals surface area contributed by atoms with E-state index < -0.39 is 10.0 Å². The van der Waals surface area contributed by atoms with E-state index in [4.69, 9.17) is 5.73 Å². The quantitative estimate of drug-likeness (QED) is 0.866. The minimum atomic E-state index is -3.65. The number of sulfonamides is 1. The van der Waals surface area contributed by atoms with Crippen molar-refractivity contribution in [2.45, 2.75) is 38.3 Å². The molecule has 2 N–H and O–H groups in total. The van der Waals surface area contributed by atoms with Crippen molar-refractivity contribution in [2.24, 2.45) is 0 Å². The molecule has 0 amide bonds. The Labute approximate surface area is 128 Å². The van der Waals surface area contributed by atoms with Crippen LogP contribution in [0.15, 0.2) is 17.3 Å². The molecule has 0 fully saturated rings. The van der Waals surface area contributed by atoms with Gasteiger partial charge in [0.1, 0.15) is 4.90 Å². The van der Waals surface area contributed by atoms with Gasteiger partial charge in [-0.2, -0.15) is 9.40 Å². The average molecular weight is 329 g/mol. The van der Waals surface area contributed by atoms with E-state index in [1.165, 1.54) is 28.9 Å². The van der Waals surface area contributed by atoms with Crippen LogP contribution < -0.4 is 5.73 Å². The van der Waals surface area contributed by atoms with Crippen LogP contribution in [-0.2, 0) is 23.1 Å². The molecule has 2 aromatic heterocycles. The second-order valence-electron chi connectivity index (χ2n) is 4.75. The molecular formula is C12H19N5O2S2. The van der Waals surface area contributed by atoms with Crippen LogP contribution in [0.1, 0.15) is 23.2 Å². The van der Waals surface area contributed by atoms with Crippen LogP contribution in [0.25, 0.3) is 0 Å². The molecule has 0 spiro atoms. The Morgan fingerprint density at radius 2 is 2.19 bits per heavy atom. The second kappa shape index (κ2) is 6.12. The summed E-state index contributed by atoms with van der Waals surface area (Å²) in [5.74, 6) is 0.0378. The zero-order valence-electron chi connectivity index (χ0n) is 12.3. The molecule has 2 aromatic rings. The number of thiazole rings is 1. The SMILES string of the molecule is CCCn1cc(S(=O)(=O)N(C)Cc2cnc(C)s2)c(N)n1. The molecule has 116 valence electrons. The minimum absolute atomic E-state index is 0.0378. The van der Waals surface area contributed by atoms with Crippen molar-refractivity contribution < 1.29 is 8.42 Å². The number of anilines is 1. The predicted molar refractivity (Wildman–Crippen MR) is 82.4 cm³/mol. The highest BCUT2D eigenvalue weighted by atomic mass is 32.2. The Morgan fingerprint density at radius 3 is 2.76 bits per heavy atom.